The highest BCUT2D eigenvalue weighted by Gasteiger charge is 2.47. The largest absolute Gasteiger partial charge is 0.343 e. The van der Waals surface area contributed by atoms with Crippen LogP contribution >= 0.6 is 23.1 Å². The second-order valence-electron chi connectivity index (χ2n) is 7.87. The Morgan fingerprint density at radius 1 is 1.23 bits per heavy atom. The van der Waals surface area contributed by atoms with Crippen LogP contribution in [0.1, 0.15) is 34.5 Å². The Morgan fingerprint density at radius 2 is 2.00 bits per heavy atom. The van der Waals surface area contributed by atoms with E-state index < -0.39 is 16.5 Å². The molecule has 4 rings (SSSR count). The number of hydrogen-bond acceptors (Lipinski definition) is 7. The van der Waals surface area contributed by atoms with Gasteiger partial charge in [0.15, 0.2) is 0 Å². The molecule has 0 fully saturated rings. The lowest BCUT2D eigenvalue weighted by atomic mass is 10.0. The second kappa shape index (κ2) is 10.4. The number of aromatic nitrogens is 1. The zero-order valence-corrected chi connectivity index (χ0v) is 20.6. The quantitative estimate of drug-likeness (QED) is 0.160. The summed E-state index contributed by atoms with van der Waals surface area (Å²) in [6, 6.07) is 12.7. The van der Waals surface area contributed by atoms with Crippen LogP contribution in [0.2, 0.25) is 0 Å². The molecule has 180 valence electrons. The highest BCUT2D eigenvalue weighted by atomic mass is 32.2. The molecular weight excluding hydrogens is 492 g/mol. The molecule has 3 aromatic rings. The number of thiazole rings is 1. The molecule has 0 saturated heterocycles. The molecule has 1 amide bonds. The number of hydrazone groups is 1. The van der Waals surface area contributed by atoms with Gasteiger partial charge in [0.1, 0.15) is 27.2 Å². The summed E-state index contributed by atoms with van der Waals surface area (Å²) in [5, 5.41) is 12.4. The fraction of sp³-hybridized carbons (Fsp3) is 0.261. The minimum atomic E-state index is -0.892. The normalized spacial score (nSPS) is 17.1. The molecule has 0 saturated carbocycles. The highest BCUT2D eigenvalue weighted by Crippen LogP contribution is 2.52. The van der Waals surface area contributed by atoms with Gasteiger partial charge in [0.2, 0.25) is 5.13 Å². The van der Waals surface area contributed by atoms with Crippen LogP contribution in [0.15, 0.2) is 64.1 Å². The zero-order valence-electron chi connectivity index (χ0n) is 18.9. The molecule has 0 spiro atoms. The van der Waals surface area contributed by atoms with Crippen LogP contribution in [0, 0.1) is 11.6 Å². The monoisotopic (exact) mass is 513 g/mol. The lowest BCUT2D eigenvalue weighted by molar-refractivity contribution is 0.0823. The first-order valence-corrected chi connectivity index (χ1v) is 12.3. The molecule has 12 heteroatoms. The fourth-order valence-electron chi connectivity index (χ4n) is 3.67. The van der Waals surface area contributed by atoms with Crippen molar-refractivity contribution in [2.75, 3.05) is 25.6 Å². The Balaban J connectivity index is 1.86. The van der Waals surface area contributed by atoms with Crippen molar-refractivity contribution in [2.45, 2.75) is 17.7 Å². The number of halogens is 2. The molecule has 1 aromatic heterocycles. The molecule has 1 aliphatic heterocycles. The SMILES string of the molecule is CN(C)C(=O)c1csc(N2N=C(c3cc(F)ccc3F)SC2(CCCN=[N+]=[N-])c2ccccc2)n1. The number of hydrogen-bond donors (Lipinski definition) is 0. The van der Waals surface area contributed by atoms with Gasteiger partial charge in [-0.1, -0.05) is 47.2 Å². The lowest BCUT2D eigenvalue weighted by Gasteiger charge is -2.35. The maximum Gasteiger partial charge on any atom is 0.272 e. The van der Waals surface area contributed by atoms with Crippen molar-refractivity contribution in [3.05, 3.63) is 92.8 Å². The molecule has 35 heavy (non-hydrogen) atoms. The van der Waals surface area contributed by atoms with Crippen molar-refractivity contribution >= 4 is 39.2 Å². The molecule has 0 radical (unpaired) electrons. The first-order valence-electron chi connectivity index (χ1n) is 10.6. The van der Waals surface area contributed by atoms with Gasteiger partial charge in [-0.25, -0.2) is 18.8 Å². The second-order valence-corrected chi connectivity index (χ2v) is 9.97. The number of azide groups is 1. The number of amides is 1. The summed E-state index contributed by atoms with van der Waals surface area (Å²) < 4.78 is 28.8. The molecule has 1 unspecified atom stereocenters. The van der Waals surface area contributed by atoms with Crippen LogP contribution in [0.3, 0.4) is 0 Å². The van der Waals surface area contributed by atoms with Gasteiger partial charge in [0.25, 0.3) is 5.91 Å². The van der Waals surface area contributed by atoms with E-state index in [2.05, 4.69) is 15.0 Å². The number of anilines is 1. The molecule has 2 aromatic carbocycles. The maximum absolute atomic E-state index is 14.8. The Kier molecular flexibility index (Phi) is 7.34. The van der Waals surface area contributed by atoms with Gasteiger partial charge in [-0.2, -0.15) is 5.10 Å². The van der Waals surface area contributed by atoms with Gasteiger partial charge in [-0.15, -0.1) is 11.3 Å². The van der Waals surface area contributed by atoms with E-state index in [1.165, 1.54) is 28.0 Å². The van der Waals surface area contributed by atoms with Crippen molar-refractivity contribution < 1.29 is 13.6 Å². The van der Waals surface area contributed by atoms with E-state index in [9.17, 15) is 13.6 Å². The third kappa shape index (κ3) is 5.00. The Bertz CT molecular complexity index is 1310. The summed E-state index contributed by atoms with van der Waals surface area (Å²) in [6.45, 7) is 0.255. The number of thioether (sulfide) groups is 1. The van der Waals surface area contributed by atoms with Gasteiger partial charge >= 0.3 is 0 Å². The maximum atomic E-state index is 14.8. The Labute approximate surface area is 208 Å². The van der Waals surface area contributed by atoms with Crippen LogP contribution in [-0.4, -0.2) is 41.5 Å². The van der Waals surface area contributed by atoms with Gasteiger partial charge in [0.05, 0.1) is 0 Å². The molecular formula is C23H21F2N7OS2. The van der Waals surface area contributed by atoms with E-state index in [0.29, 0.717) is 18.0 Å². The van der Waals surface area contributed by atoms with Gasteiger partial charge in [0, 0.05) is 36.5 Å². The molecule has 0 N–H and O–H groups in total. The minimum Gasteiger partial charge on any atom is -0.343 e. The Morgan fingerprint density at radius 3 is 2.71 bits per heavy atom. The van der Waals surface area contributed by atoms with E-state index in [1.54, 1.807) is 24.5 Å². The molecule has 8 nitrogen and oxygen atoms in total. The van der Waals surface area contributed by atoms with Crippen LogP contribution in [0.5, 0.6) is 0 Å². The van der Waals surface area contributed by atoms with Gasteiger partial charge in [-0.3, -0.25) is 4.79 Å². The molecule has 1 atom stereocenters. The third-order valence-electron chi connectivity index (χ3n) is 5.32. The van der Waals surface area contributed by atoms with Crippen LogP contribution in [-0.2, 0) is 4.87 Å². The van der Waals surface area contributed by atoms with Crippen molar-refractivity contribution in [1.82, 2.24) is 9.88 Å². The van der Waals surface area contributed by atoms with Crippen molar-refractivity contribution in [2.24, 2.45) is 10.2 Å². The molecule has 2 heterocycles. The number of carbonyl (C=O) groups is 1. The summed E-state index contributed by atoms with van der Waals surface area (Å²) in [5.74, 6) is -1.43. The molecule has 0 bridgehead atoms. The smallest absolute Gasteiger partial charge is 0.272 e. The number of benzene rings is 2. The first kappa shape index (κ1) is 24.6. The van der Waals surface area contributed by atoms with E-state index in [4.69, 9.17) is 10.6 Å². The van der Waals surface area contributed by atoms with E-state index >= 15 is 0 Å². The Hall–Kier alpha value is -3.47. The van der Waals surface area contributed by atoms with Crippen LogP contribution in [0.25, 0.3) is 10.4 Å². The highest BCUT2D eigenvalue weighted by molar-refractivity contribution is 8.15. The van der Waals surface area contributed by atoms with Crippen molar-refractivity contribution in [3.63, 3.8) is 0 Å². The average molecular weight is 514 g/mol. The lowest BCUT2D eigenvalue weighted by Crippen LogP contribution is -2.38. The predicted molar refractivity (Wildman–Crippen MR) is 134 cm³/mol. The van der Waals surface area contributed by atoms with Crippen molar-refractivity contribution in [1.29, 1.82) is 0 Å². The third-order valence-corrected chi connectivity index (χ3v) is 7.58. The number of nitrogens with zero attached hydrogens (tertiary/aromatic N) is 7. The van der Waals surface area contributed by atoms with E-state index in [0.717, 1.165) is 23.8 Å². The summed E-state index contributed by atoms with van der Waals surface area (Å²) in [7, 11) is 3.28. The topological polar surface area (TPSA) is 97.6 Å². The summed E-state index contributed by atoms with van der Waals surface area (Å²) >= 11 is 2.51. The van der Waals surface area contributed by atoms with Gasteiger partial charge in [-0.05, 0) is 42.1 Å². The molecule has 1 aliphatic rings. The standard InChI is InChI=1S/C23H21F2N7OS2/c1-31(2)21(33)19-14-34-22(28-19)32-23(11-6-12-27-30-26,15-7-4-3-5-8-15)35-20(29-32)17-13-16(24)9-10-18(17)25/h3-5,7-10,13-14H,6,11-12H2,1-2H3. The summed E-state index contributed by atoms with van der Waals surface area (Å²) in [4.78, 5) is 20.4. The van der Waals surface area contributed by atoms with Crippen molar-refractivity contribution in [3.8, 4) is 0 Å². The predicted octanol–water partition coefficient (Wildman–Crippen LogP) is 5.98. The zero-order chi connectivity index (χ0) is 25.0. The minimum absolute atomic E-state index is 0.0361. The summed E-state index contributed by atoms with van der Waals surface area (Å²) in [6.07, 6.45) is 0.965. The van der Waals surface area contributed by atoms with Gasteiger partial charge < -0.3 is 4.90 Å². The summed E-state index contributed by atoms with van der Waals surface area (Å²) in [5.41, 5.74) is 9.87. The average Bonchev–Trinajstić information content (AvgIpc) is 3.49. The van der Waals surface area contributed by atoms with Crippen LogP contribution < -0.4 is 5.01 Å². The number of rotatable bonds is 8. The van der Waals surface area contributed by atoms with E-state index in [1.807, 2.05) is 30.3 Å². The van der Waals surface area contributed by atoms with E-state index in [-0.39, 0.29) is 28.8 Å². The van der Waals surface area contributed by atoms with Crippen LogP contribution in [0.4, 0.5) is 13.9 Å². The molecule has 0 aliphatic carbocycles. The fourth-order valence-corrected chi connectivity index (χ4v) is 5.97. The first-order chi connectivity index (χ1) is 16.9. The number of carbonyl (C=O) groups excluding carboxylic acids is 1.